The number of hydrogen-bond acceptors (Lipinski definition) is 3. The maximum Gasteiger partial charge on any atom is 0.142 e. The minimum atomic E-state index is 0.167. The number of aromatic nitrogens is 3. The molecule has 4 nitrogen and oxygen atoms in total. The molecule has 0 unspecified atom stereocenters. The van der Waals surface area contributed by atoms with Crippen LogP contribution in [0.2, 0.25) is 0 Å². The van der Waals surface area contributed by atoms with Crippen molar-refractivity contribution >= 4 is 27.0 Å². The van der Waals surface area contributed by atoms with Crippen molar-refractivity contribution in [3.63, 3.8) is 0 Å². The van der Waals surface area contributed by atoms with Crippen molar-refractivity contribution in [1.82, 2.24) is 14.5 Å². The molecule has 0 spiro atoms. The first-order chi connectivity index (χ1) is 9.79. The average molecular weight is 332 g/mol. The van der Waals surface area contributed by atoms with Crippen molar-refractivity contribution in [3.8, 4) is 11.4 Å². The summed E-state index contributed by atoms with van der Waals surface area (Å²) in [6.45, 7) is 0.897. The number of pyridine rings is 1. The first-order valence-electron chi connectivity index (χ1n) is 6.46. The molecule has 20 heavy (non-hydrogen) atoms. The monoisotopic (exact) mass is 331 g/mol. The molecule has 102 valence electrons. The number of benzene rings is 1. The van der Waals surface area contributed by atoms with E-state index < -0.39 is 0 Å². The Hall–Kier alpha value is -1.72. The molecule has 0 saturated heterocycles. The Morgan fingerprint density at radius 2 is 2.15 bits per heavy atom. The van der Waals surface area contributed by atoms with Gasteiger partial charge in [0.1, 0.15) is 5.82 Å². The topological polar surface area (TPSA) is 50.9 Å². The summed E-state index contributed by atoms with van der Waals surface area (Å²) in [6, 6.07) is 9.94. The van der Waals surface area contributed by atoms with Gasteiger partial charge in [0.2, 0.25) is 0 Å². The molecular weight excluding hydrogens is 318 g/mol. The number of aliphatic hydroxyl groups excluding tert-OH is 1. The van der Waals surface area contributed by atoms with Crippen LogP contribution in [-0.4, -0.2) is 26.2 Å². The van der Waals surface area contributed by atoms with Crippen LogP contribution in [0.4, 0.5) is 0 Å². The molecule has 2 aromatic heterocycles. The zero-order valence-corrected chi connectivity index (χ0v) is 12.4. The van der Waals surface area contributed by atoms with E-state index >= 15 is 0 Å². The van der Waals surface area contributed by atoms with Gasteiger partial charge < -0.3 is 9.67 Å². The first kappa shape index (κ1) is 13.3. The largest absolute Gasteiger partial charge is 0.396 e. The van der Waals surface area contributed by atoms with Crippen LogP contribution in [0.15, 0.2) is 47.2 Å². The molecule has 3 aromatic rings. The summed E-state index contributed by atoms with van der Waals surface area (Å²) in [5.74, 6) is 0.889. The molecule has 1 aromatic carbocycles. The van der Waals surface area contributed by atoms with E-state index in [0.717, 1.165) is 33.4 Å². The van der Waals surface area contributed by atoms with Crippen molar-refractivity contribution < 1.29 is 5.11 Å². The van der Waals surface area contributed by atoms with E-state index in [-0.39, 0.29) is 6.61 Å². The zero-order valence-electron chi connectivity index (χ0n) is 10.8. The van der Waals surface area contributed by atoms with Gasteiger partial charge in [0.05, 0.1) is 11.0 Å². The molecular formula is C15H14BrN3O. The van der Waals surface area contributed by atoms with Crippen molar-refractivity contribution in [1.29, 1.82) is 0 Å². The molecule has 0 aliphatic heterocycles. The SMILES string of the molecule is OCCCn1c(-c2cccnc2)nc2ccc(Br)cc21. The van der Waals surface area contributed by atoms with Crippen molar-refractivity contribution in [2.75, 3.05) is 6.61 Å². The lowest BCUT2D eigenvalue weighted by Gasteiger charge is -2.08. The summed E-state index contributed by atoms with van der Waals surface area (Å²) in [7, 11) is 0. The van der Waals surface area contributed by atoms with Crippen LogP contribution in [0.3, 0.4) is 0 Å². The van der Waals surface area contributed by atoms with E-state index in [1.807, 2.05) is 30.5 Å². The van der Waals surface area contributed by atoms with Gasteiger partial charge in [0.15, 0.2) is 0 Å². The summed E-state index contributed by atoms with van der Waals surface area (Å²) in [5, 5.41) is 9.10. The summed E-state index contributed by atoms with van der Waals surface area (Å²) in [4.78, 5) is 8.86. The lowest BCUT2D eigenvalue weighted by Crippen LogP contribution is -2.02. The van der Waals surface area contributed by atoms with E-state index in [4.69, 9.17) is 10.1 Å². The molecule has 2 heterocycles. The third kappa shape index (κ3) is 2.46. The zero-order chi connectivity index (χ0) is 13.9. The lowest BCUT2D eigenvalue weighted by atomic mass is 10.2. The second-order valence-corrected chi connectivity index (χ2v) is 5.45. The third-order valence-corrected chi connectivity index (χ3v) is 3.66. The van der Waals surface area contributed by atoms with E-state index in [2.05, 4.69) is 31.5 Å². The van der Waals surface area contributed by atoms with Gasteiger partial charge in [-0.25, -0.2) is 4.98 Å². The van der Waals surface area contributed by atoms with Crippen molar-refractivity contribution in [2.24, 2.45) is 0 Å². The summed E-state index contributed by atoms with van der Waals surface area (Å²) >= 11 is 3.50. The molecule has 0 amide bonds. The van der Waals surface area contributed by atoms with E-state index in [9.17, 15) is 0 Å². The number of hydrogen-bond donors (Lipinski definition) is 1. The predicted octanol–water partition coefficient (Wildman–Crippen LogP) is 3.24. The van der Waals surface area contributed by atoms with Gasteiger partial charge in [-0.1, -0.05) is 15.9 Å². The van der Waals surface area contributed by atoms with Crippen LogP contribution >= 0.6 is 15.9 Å². The highest BCUT2D eigenvalue weighted by atomic mass is 79.9. The molecule has 3 rings (SSSR count). The van der Waals surface area contributed by atoms with Crippen LogP contribution in [-0.2, 0) is 6.54 Å². The Bertz CT molecular complexity index is 725. The van der Waals surface area contributed by atoms with Crippen LogP contribution in [0.1, 0.15) is 6.42 Å². The molecule has 0 radical (unpaired) electrons. The van der Waals surface area contributed by atoms with Gasteiger partial charge in [-0.05, 0) is 36.8 Å². The highest BCUT2D eigenvalue weighted by Crippen LogP contribution is 2.26. The molecule has 0 aliphatic carbocycles. The fourth-order valence-corrected chi connectivity index (χ4v) is 2.62. The highest BCUT2D eigenvalue weighted by molar-refractivity contribution is 9.10. The second-order valence-electron chi connectivity index (χ2n) is 4.54. The van der Waals surface area contributed by atoms with Crippen molar-refractivity contribution in [2.45, 2.75) is 13.0 Å². The van der Waals surface area contributed by atoms with Crippen LogP contribution in [0.5, 0.6) is 0 Å². The highest BCUT2D eigenvalue weighted by Gasteiger charge is 2.12. The average Bonchev–Trinajstić information content (AvgIpc) is 2.84. The van der Waals surface area contributed by atoms with Crippen LogP contribution in [0, 0.1) is 0 Å². The molecule has 5 heteroatoms. The van der Waals surface area contributed by atoms with Gasteiger partial charge in [-0.15, -0.1) is 0 Å². The van der Waals surface area contributed by atoms with E-state index in [1.54, 1.807) is 6.20 Å². The van der Waals surface area contributed by atoms with Gasteiger partial charge in [-0.3, -0.25) is 4.98 Å². The smallest absolute Gasteiger partial charge is 0.142 e. The minimum Gasteiger partial charge on any atom is -0.396 e. The van der Waals surface area contributed by atoms with Gasteiger partial charge >= 0.3 is 0 Å². The number of fused-ring (bicyclic) bond motifs is 1. The van der Waals surface area contributed by atoms with Crippen molar-refractivity contribution in [3.05, 3.63) is 47.2 Å². The Morgan fingerprint density at radius 1 is 1.25 bits per heavy atom. The molecule has 0 saturated carbocycles. The number of rotatable bonds is 4. The van der Waals surface area contributed by atoms with Gasteiger partial charge in [-0.2, -0.15) is 0 Å². The molecule has 0 bridgehead atoms. The van der Waals surface area contributed by atoms with Gasteiger partial charge in [0.25, 0.3) is 0 Å². The number of halogens is 1. The quantitative estimate of drug-likeness (QED) is 0.798. The number of aliphatic hydroxyl groups is 1. The predicted molar refractivity (Wildman–Crippen MR) is 82.4 cm³/mol. The van der Waals surface area contributed by atoms with Crippen LogP contribution < -0.4 is 0 Å². The number of aryl methyl sites for hydroxylation is 1. The van der Waals surface area contributed by atoms with Gasteiger partial charge in [0, 0.05) is 35.6 Å². The Kier molecular flexibility index (Phi) is 3.80. The summed E-state index contributed by atoms with van der Waals surface area (Å²) < 4.78 is 3.15. The summed E-state index contributed by atoms with van der Waals surface area (Å²) in [6.07, 6.45) is 4.26. The Labute approximate surface area is 125 Å². The number of imidazole rings is 1. The normalized spacial score (nSPS) is 11.1. The molecule has 0 atom stereocenters. The summed E-state index contributed by atoms with van der Waals surface area (Å²) in [5.41, 5.74) is 2.99. The maximum absolute atomic E-state index is 9.10. The van der Waals surface area contributed by atoms with E-state index in [1.165, 1.54) is 0 Å². The van der Waals surface area contributed by atoms with Crippen LogP contribution in [0.25, 0.3) is 22.4 Å². The molecule has 0 aliphatic rings. The first-order valence-corrected chi connectivity index (χ1v) is 7.26. The molecule has 1 N–H and O–H groups in total. The second kappa shape index (κ2) is 5.73. The fourth-order valence-electron chi connectivity index (χ4n) is 2.27. The standard InChI is InChI=1S/C15H14BrN3O/c16-12-4-5-13-14(9-12)19(7-2-8-20)15(18-13)11-3-1-6-17-10-11/h1,3-6,9-10,20H,2,7-8H2. The Balaban J connectivity index is 2.19. The third-order valence-electron chi connectivity index (χ3n) is 3.17. The number of nitrogens with zero attached hydrogens (tertiary/aromatic N) is 3. The lowest BCUT2D eigenvalue weighted by molar-refractivity contribution is 0.281. The Morgan fingerprint density at radius 3 is 2.90 bits per heavy atom. The van der Waals surface area contributed by atoms with E-state index in [0.29, 0.717) is 6.42 Å². The minimum absolute atomic E-state index is 0.167. The maximum atomic E-state index is 9.10. The fraction of sp³-hybridized carbons (Fsp3) is 0.200. The molecule has 0 fully saturated rings.